The minimum atomic E-state index is -0.430. The molecule has 0 radical (unpaired) electrons. The second-order valence-electron chi connectivity index (χ2n) is 6.21. The zero-order valence-corrected chi connectivity index (χ0v) is 16.2. The predicted molar refractivity (Wildman–Crippen MR) is 105 cm³/mol. The first-order valence-corrected chi connectivity index (χ1v) is 9.44. The molecule has 1 aromatic carbocycles. The molecule has 0 aliphatic carbocycles. The van der Waals surface area contributed by atoms with Crippen molar-refractivity contribution in [3.8, 4) is 0 Å². The highest BCUT2D eigenvalue weighted by atomic mass is 32.2. The monoisotopic (exact) mass is 387 g/mol. The van der Waals surface area contributed by atoms with Crippen molar-refractivity contribution in [1.82, 2.24) is 24.0 Å². The Kier molecular flexibility index (Phi) is 5.50. The normalized spacial score (nSPS) is 11.1. The number of hydrogen-bond donors (Lipinski definition) is 1. The molecule has 2 heterocycles. The molecule has 0 saturated heterocycles. The molecule has 27 heavy (non-hydrogen) atoms. The van der Waals surface area contributed by atoms with Crippen molar-refractivity contribution >= 4 is 28.8 Å². The number of carbonyl (C=O) groups excluding carboxylic acids is 1. The number of benzene rings is 1. The van der Waals surface area contributed by atoms with Crippen LogP contribution in [0.1, 0.15) is 5.56 Å². The summed E-state index contributed by atoms with van der Waals surface area (Å²) in [5, 5.41) is 3.39. The molecule has 0 bridgehead atoms. The van der Waals surface area contributed by atoms with Crippen LogP contribution in [0, 0.1) is 0 Å². The summed E-state index contributed by atoms with van der Waals surface area (Å²) in [7, 11) is 4.71. The third kappa shape index (κ3) is 3.82. The van der Waals surface area contributed by atoms with E-state index in [4.69, 9.17) is 0 Å². The minimum absolute atomic E-state index is 0.107. The van der Waals surface area contributed by atoms with E-state index in [-0.39, 0.29) is 11.7 Å². The minimum Gasteiger partial charge on any atom is -0.355 e. The topological polar surface area (TPSA) is 90.9 Å². The Bertz CT molecular complexity index is 1100. The van der Waals surface area contributed by atoms with E-state index in [2.05, 4.69) is 10.3 Å². The van der Waals surface area contributed by atoms with E-state index < -0.39 is 11.2 Å². The van der Waals surface area contributed by atoms with Gasteiger partial charge in [0.2, 0.25) is 5.91 Å². The van der Waals surface area contributed by atoms with Gasteiger partial charge in [-0.1, -0.05) is 42.1 Å². The number of imidazole rings is 1. The van der Waals surface area contributed by atoms with Gasteiger partial charge in [0, 0.05) is 27.7 Å². The lowest BCUT2D eigenvalue weighted by molar-refractivity contribution is -0.118. The molecule has 0 atom stereocenters. The second-order valence-corrected chi connectivity index (χ2v) is 7.15. The maximum atomic E-state index is 12.3. The number of hydrogen-bond acceptors (Lipinski definition) is 5. The number of amides is 1. The average molecular weight is 387 g/mol. The van der Waals surface area contributed by atoms with Crippen molar-refractivity contribution in [2.75, 3.05) is 12.3 Å². The lowest BCUT2D eigenvalue weighted by Crippen LogP contribution is -2.37. The van der Waals surface area contributed by atoms with E-state index in [0.29, 0.717) is 22.9 Å². The lowest BCUT2D eigenvalue weighted by Gasteiger charge is -2.05. The summed E-state index contributed by atoms with van der Waals surface area (Å²) in [6.45, 7) is 0.557. The van der Waals surface area contributed by atoms with Crippen molar-refractivity contribution in [3.05, 3.63) is 56.7 Å². The number of rotatable bonds is 6. The van der Waals surface area contributed by atoms with Crippen LogP contribution in [0.15, 0.2) is 45.1 Å². The molecule has 0 fully saturated rings. The molecule has 2 aromatic heterocycles. The summed E-state index contributed by atoms with van der Waals surface area (Å²) >= 11 is 1.23. The fourth-order valence-corrected chi connectivity index (χ4v) is 3.60. The zero-order valence-electron chi connectivity index (χ0n) is 15.4. The average Bonchev–Trinajstić information content (AvgIpc) is 3.00. The molecule has 0 unspecified atom stereocenters. The molecule has 0 saturated carbocycles. The number of carbonyl (C=O) groups is 1. The van der Waals surface area contributed by atoms with E-state index in [1.165, 1.54) is 23.4 Å². The number of nitrogens with zero attached hydrogens (tertiary/aromatic N) is 4. The van der Waals surface area contributed by atoms with E-state index in [0.717, 1.165) is 16.6 Å². The van der Waals surface area contributed by atoms with Crippen LogP contribution < -0.4 is 16.6 Å². The first-order chi connectivity index (χ1) is 12.9. The number of aryl methyl sites for hydroxylation is 2. The van der Waals surface area contributed by atoms with Crippen LogP contribution in [0.3, 0.4) is 0 Å². The lowest BCUT2D eigenvalue weighted by atomic mass is 10.1. The Labute approximate surface area is 159 Å². The summed E-state index contributed by atoms with van der Waals surface area (Å²) in [5.74, 6) is 0.0741. The van der Waals surface area contributed by atoms with Crippen molar-refractivity contribution < 1.29 is 4.79 Å². The molecule has 1 N–H and O–H groups in total. The van der Waals surface area contributed by atoms with Crippen LogP contribution in [0.2, 0.25) is 0 Å². The summed E-state index contributed by atoms with van der Waals surface area (Å²) in [6.07, 6.45) is 0.766. The van der Waals surface area contributed by atoms with Gasteiger partial charge in [-0.25, -0.2) is 9.78 Å². The largest absolute Gasteiger partial charge is 0.355 e. The fourth-order valence-electron chi connectivity index (χ4n) is 2.80. The van der Waals surface area contributed by atoms with E-state index >= 15 is 0 Å². The Morgan fingerprint density at radius 2 is 1.78 bits per heavy atom. The van der Waals surface area contributed by atoms with Gasteiger partial charge in [-0.3, -0.25) is 18.7 Å². The maximum absolute atomic E-state index is 12.3. The Balaban J connectivity index is 1.67. The molecule has 142 valence electrons. The van der Waals surface area contributed by atoms with E-state index in [9.17, 15) is 14.4 Å². The van der Waals surface area contributed by atoms with Crippen molar-refractivity contribution in [3.63, 3.8) is 0 Å². The second kappa shape index (κ2) is 7.83. The third-order valence-electron chi connectivity index (χ3n) is 4.35. The quantitative estimate of drug-likeness (QED) is 0.619. The SMILES string of the molecule is Cn1c(=O)c2c(nc(SCC(=O)NCCc3ccccc3)n2C)n(C)c1=O. The fraction of sp³-hybridized carbons (Fsp3) is 0.333. The Hall–Kier alpha value is -2.81. The number of nitrogens with one attached hydrogen (secondary N) is 1. The van der Waals surface area contributed by atoms with Gasteiger partial charge in [0.25, 0.3) is 5.56 Å². The van der Waals surface area contributed by atoms with Crippen molar-refractivity contribution in [1.29, 1.82) is 0 Å². The van der Waals surface area contributed by atoms with Gasteiger partial charge in [0.15, 0.2) is 16.3 Å². The molecule has 0 aliphatic heterocycles. The highest BCUT2D eigenvalue weighted by Crippen LogP contribution is 2.19. The van der Waals surface area contributed by atoms with Crippen molar-refractivity contribution in [2.45, 2.75) is 11.6 Å². The zero-order chi connectivity index (χ0) is 19.6. The smallest absolute Gasteiger partial charge is 0.332 e. The first kappa shape index (κ1) is 19.0. The molecule has 3 rings (SSSR count). The molecule has 3 aromatic rings. The molecular weight excluding hydrogens is 366 g/mol. The van der Waals surface area contributed by atoms with Crippen LogP contribution in [0.5, 0.6) is 0 Å². The summed E-state index contributed by atoms with van der Waals surface area (Å²) in [6, 6.07) is 9.93. The molecule has 0 spiro atoms. The van der Waals surface area contributed by atoms with Crippen LogP contribution in [-0.4, -0.2) is 36.9 Å². The summed E-state index contributed by atoms with van der Waals surface area (Å²) in [4.78, 5) is 40.8. The van der Waals surface area contributed by atoms with Gasteiger partial charge in [-0.05, 0) is 12.0 Å². The van der Waals surface area contributed by atoms with Gasteiger partial charge in [0.05, 0.1) is 5.75 Å². The van der Waals surface area contributed by atoms with Gasteiger partial charge >= 0.3 is 5.69 Å². The number of fused-ring (bicyclic) bond motifs is 1. The van der Waals surface area contributed by atoms with Gasteiger partial charge < -0.3 is 9.88 Å². The highest BCUT2D eigenvalue weighted by Gasteiger charge is 2.17. The van der Waals surface area contributed by atoms with Gasteiger partial charge in [-0.15, -0.1) is 0 Å². The number of thioether (sulfide) groups is 1. The number of aromatic nitrogens is 4. The third-order valence-corrected chi connectivity index (χ3v) is 5.38. The van der Waals surface area contributed by atoms with Gasteiger partial charge in [-0.2, -0.15) is 0 Å². The summed E-state index contributed by atoms with van der Waals surface area (Å²) < 4.78 is 4.01. The van der Waals surface area contributed by atoms with Gasteiger partial charge in [0.1, 0.15) is 0 Å². The Morgan fingerprint density at radius 1 is 1.07 bits per heavy atom. The molecule has 8 nitrogen and oxygen atoms in total. The van der Waals surface area contributed by atoms with Crippen LogP contribution >= 0.6 is 11.8 Å². The van der Waals surface area contributed by atoms with Crippen molar-refractivity contribution in [2.24, 2.45) is 21.1 Å². The van der Waals surface area contributed by atoms with Crippen LogP contribution in [-0.2, 0) is 32.4 Å². The highest BCUT2D eigenvalue weighted by molar-refractivity contribution is 7.99. The first-order valence-electron chi connectivity index (χ1n) is 8.46. The molecular formula is C18H21N5O3S. The standard InChI is InChI=1S/C18H21N5O3S/c1-21-14-15(22(2)18(26)23(3)16(14)25)20-17(21)27-11-13(24)19-10-9-12-7-5-4-6-8-12/h4-8H,9-11H2,1-3H3,(H,19,24). The summed E-state index contributed by atoms with van der Waals surface area (Å²) in [5.41, 5.74) is 0.991. The van der Waals surface area contributed by atoms with Crippen LogP contribution in [0.4, 0.5) is 0 Å². The predicted octanol–water partition coefficient (Wildman–Crippen LogP) is 0.422. The Morgan fingerprint density at radius 3 is 2.48 bits per heavy atom. The molecule has 9 heteroatoms. The van der Waals surface area contributed by atoms with E-state index in [1.54, 1.807) is 18.7 Å². The van der Waals surface area contributed by atoms with E-state index in [1.807, 2.05) is 30.3 Å². The maximum Gasteiger partial charge on any atom is 0.332 e. The molecule has 0 aliphatic rings. The molecule has 1 amide bonds. The van der Waals surface area contributed by atoms with Crippen LogP contribution in [0.25, 0.3) is 11.2 Å².